The Labute approximate surface area is 177 Å². The molecule has 4 aliphatic rings. The van der Waals surface area contributed by atoms with Gasteiger partial charge in [-0.3, -0.25) is 9.59 Å². The van der Waals surface area contributed by atoms with Crippen LogP contribution in [0.3, 0.4) is 0 Å². The molecule has 4 aliphatic carbocycles. The smallest absolute Gasteiger partial charge is 0.332 e. The predicted molar refractivity (Wildman–Crippen MR) is 111 cm³/mol. The fourth-order valence-corrected chi connectivity index (χ4v) is 6.05. The third kappa shape index (κ3) is 3.54. The highest BCUT2D eigenvalue weighted by Crippen LogP contribution is 2.63. The van der Waals surface area contributed by atoms with Crippen LogP contribution < -0.4 is 0 Å². The number of aliphatic carboxylic acids is 2. The zero-order chi connectivity index (χ0) is 22.1. The molecule has 4 rings (SSSR count). The van der Waals surface area contributed by atoms with Crippen LogP contribution in [0.15, 0.2) is 22.8 Å². The summed E-state index contributed by atoms with van der Waals surface area (Å²) in [6, 6.07) is 0. The van der Waals surface area contributed by atoms with E-state index in [0.29, 0.717) is 50.5 Å². The molecule has 30 heavy (non-hydrogen) atoms. The Morgan fingerprint density at radius 3 is 2.27 bits per heavy atom. The fourth-order valence-electron chi connectivity index (χ4n) is 6.05. The van der Waals surface area contributed by atoms with Crippen LogP contribution in [0, 0.1) is 23.2 Å². The van der Waals surface area contributed by atoms with Gasteiger partial charge in [0.15, 0.2) is 5.78 Å². The van der Waals surface area contributed by atoms with Crippen molar-refractivity contribution >= 4 is 23.5 Å². The molecule has 2 bridgehead atoms. The van der Waals surface area contributed by atoms with Gasteiger partial charge in [0.1, 0.15) is 5.78 Å². The van der Waals surface area contributed by atoms with Crippen molar-refractivity contribution in [3.63, 3.8) is 0 Å². The molecule has 0 spiro atoms. The highest BCUT2D eigenvalue weighted by Gasteiger charge is 2.62. The summed E-state index contributed by atoms with van der Waals surface area (Å²) in [6.07, 6.45) is 7.30. The highest BCUT2D eigenvalue weighted by atomic mass is 16.4. The molecule has 1 fully saturated rings. The van der Waals surface area contributed by atoms with E-state index in [1.807, 2.05) is 13.8 Å². The lowest BCUT2D eigenvalue weighted by molar-refractivity contribution is -0.147. The van der Waals surface area contributed by atoms with E-state index in [4.69, 9.17) is 0 Å². The molecule has 0 radical (unpaired) electrons. The summed E-state index contributed by atoms with van der Waals surface area (Å²) in [7, 11) is 0. The molecule has 0 amide bonds. The van der Waals surface area contributed by atoms with E-state index < -0.39 is 23.3 Å². The molecular formula is C24H32O6. The highest BCUT2D eigenvalue weighted by molar-refractivity contribution is 6.07. The van der Waals surface area contributed by atoms with Gasteiger partial charge in [0, 0.05) is 35.5 Å². The van der Waals surface area contributed by atoms with Gasteiger partial charge in [-0.05, 0) is 50.4 Å². The number of rotatable bonds is 10. The van der Waals surface area contributed by atoms with Crippen molar-refractivity contribution in [2.24, 2.45) is 23.2 Å². The second kappa shape index (κ2) is 8.86. The molecular weight excluding hydrogens is 384 g/mol. The second-order valence-electron chi connectivity index (χ2n) is 8.99. The van der Waals surface area contributed by atoms with Gasteiger partial charge in [0.05, 0.1) is 5.41 Å². The Morgan fingerprint density at radius 1 is 1.00 bits per heavy atom. The summed E-state index contributed by atoms with van der Waals surface area (Å²) in [5.41, 5.74) is -0.932. The lowest BCUT2D eigenvalue weighted by Gasteiger charge is -2.56. The van der Waals surface area contributed by atoms with Gasteiger partial charge in [0.25, 0.3) is 0 Å². The van der Waals surface area contributed by atoms with Gasteiger partial charge in [0.2, 0.25) is 0 Å². The van der Waals surface area contributed by atoms with Crippen molar-refractivity contribution in [3.8, 4) is 0 Å². The minimum atomic E-state index is -1.33. The number of fused-ring (bicyclic) bond motifs is 1. The second-order valence-corrected chi connectivity index (χ2v) is 8.99. The lowest BCUT2D eigenvalue weighted by atomic mass is 9.45. The maximum Gasteiger partial charge on any atom is 0.332 e. The molecule has 2 N–H and O–H groups in total. The normalized spacial score (nSPS) is 29.9. The molecule has 1 saturated carbocycles. The predicted octanol–water partition coefficient (Wildman–Crippen LogP) is 4.33. The first-order valence-corrected chi connectivity index (χ1v) is 11.3. The quantitative estimate of drug-likeness (QED) is 0.548. The standard InChI is InChI=1S/C24H32O6/c1-3-5-7-18(25)16-10-9-15-14-11-12-24(17(13-14)22(27)28,19(26)8-6-4-2)21(15)20(16)23(29)30/h13-15,21H,3-12H2,1-2H3,(H,27,28)(H,29,30)/t14-,15+,21-,24+/m1/s1. The van der Waals surface area contributed by atoms with Gasteiger partial charge >= 0.3 is 11.9 Å². The average Bonchev–Trinajstić information content (AvgIpc) is 2.74. The van der Waals surface area contributed by atoms with Crippen molar-refractivity contribution < 1.29 is 29.4 Å². The molecule has 0 saturated heterocycles. The van der Waals surface area contributed by atoms with E-state index in [2.05, 4.69) is 0 Å². The Kier molecular flexibility index (Phi) is 6.63. The summed E-state index contributed by atoms with van der Waals surface area (Å²) in [6.45, 7) is 3.94. The van der Waals surface area contributed by atoms with E-state index in [-0.39, 0.29) is 41.0 Å². The zero-order valence-corrected chi connectivity index (χ0v) is 17.9. The lowest BCUT2D eigenvalue weighted by Crippen LogP contribution is -2.56. The number of Topliss-reactive ketones (excluding diaryl/α,β-unsaturated/α-hetero) is 2. The van der Waals surface area contributed by atoms with Crippen LogP contribution in [0.25, 0.3) is 0 Å². The number of hydrogen-bond acceptors (Lipinski definition) is 4. The molecule has 6 heteroatoms. The van der Waals surface area contributed by atoms with E-state index >= 15 is 0 Å². The topological polar surface area (TPSA) is 109 Å². The minimum absolute atomic E-state index is 0.0220. The first kappa shape index (κ1) is 22.4. The van der Waals surface area contributed by atoms with Crippen LogP contribution in [0.2, 0.25) is 0 Å². The summed E-state index contributed by atoms with van der Waals surface area (Å²) in [5, 5.41) is 20.1. The van der Waals surface area contributed by atoms with E-state index in [0.717, 1.165) is 12.8 Å². The summed E-state index contributed by atoms with van der Waals surface area (Å²) >= 11 is 0. The molecule has 0 aromatic rings. The molecule has 0 aromatic carbocycles. The summed E-state index contributed by atoms with van der Waals surface area (Å²) in [4.78, 5) is 51.0. The number of allylic oxidation sites excluding steroid dienone is 2. The first-order chi connectivity index (χ1) is 14.3. The molecule has 4 atom stereocenters. The Bertz CT molecular complexity index is 820. The molecule has 0 unspecified atom stereocenters. The van der Waals surface area contributed by atoms with Crippen LogP contribution in [-0.2, 0) is 19.2 Å². The van der Waals surface area contributed by atoms with Gasteiger partial charge in [-0.25, -0.2) is 9.59 Å². The van der Waals surface area contributed by atoms with Crippen molar-refractivity contribution in [2.75, 3.05) is 0 Å². The molecule has 6 nitrogen and oxygen atoms in total. The monoisotopic (exact) mass is 416 g/mol. The fraction of sp³-hybridized carbons (Fsp3) is 0.667. The number of carboxylic acids is 2. The largest absolute Gasteiger partial charge is 0.478 e. The minimum Gasteiger partial charge on any atom is -0.478 e. The van der Waals surface area contributed by atoms with Crippen LogP contribution in [-0.4, -0.2) is 33.7 Å². The number of unbranched alkanes of at least 4 members (excludes halogenated alkanes) is 2. The maximum absolute atomic E-state index is 13.5. The van der Waals surface area contributed by atoms with Crippen molar-refractivity contribution in [1.29, 1.82) is 0 Å². The van der Waals surface area contributed by atoms with Gasteiger partial charge in [-0.2, -0.15) is 0 Å². The van der Waals surface area contributed by atoms with Gasteiger partial charge in [-0.1, -0.05) is 32.8 Å². The maximum atomic E-state index is 13.5. The van der Waals surface area contributed by atoms with Gasteiger partial charge < -0.3 is 10.2 Å². The number of carboxylic acid groups (broad SMARTS) is 2. The van der Waals surface area contributed by atoms with Crippen LogP contribution in [0.5, 0.6) is 0 Å². The number of hydrogen-bond donors (Lipinski definition) is 2. The van der Waals surface area contributed by atoms with E-state index in [9.17, 15) is 29.4 Å². The van der Waals surface area contributed by atoms with Crippen LogP contribution in [0.4, 0.5) is 0 Å². The van der Waals surface area contributed by atoms with Crippen molar-refractivity contribution in [3.05, 3.63) is 22.8 Å². The zero-order valence-electron chi connectivity index (χ0n) is 17.9. The molecule has 0 aliphatic heterocycles. The summed E-state index contributed by atoms with van der Waals surface area (Å²) < 4.78 is 0. The molecule has 164 valence electrons. The molecule has 0 heterocycles. The first-order valence-electron chi connectivity index (χ1n) is 11.3. The van der Waals surface area contributed by atoms with E-state index in [1.54, 1.807) is 6.08 Å². The third-order valence-corrected chi connectivity index (χ3v) is 7.42. The number of ketones is 2. The summed E-state index contributed by atoms with van der Waals surface area (Å²) in [5.74, 6) is -3.52. The van der Waals surface area contributed by atoms with Gasteiger partial charge in [-0.15, -0.1) is 0 Å². The molecule has 0 aromatic heterocycles. The van der Waals surface area contributed by atoms with E-state index in [1.165, 1.54) is 0 Å². The average molecular weight is 417 g/mol. The Balaban J connectivity index is 2.18. The SMILES string of the molecule is CCCCC(=O)C1=C(C(=O)O)[C@H]2[C@@H](CC1)[C@H]1C=C(C(=O)O)[C@]2(C(=O)CCCC)CC1. The van der Waals surface area contributed by atoms with Crippen molar-refractivity contribution in [2.45, 2.75) is 78.1 Å². The van der Waals surface area contributed by atoms with Crippen LogP contribution >= 0.6 is 0 Å². The van der Waals surface area contributed by atoms with Crippen molar-refractivity contribution in [1.82, 2.24) is 0 Å². The van der Waals surface area contributed by atoms with Crippen LogP contribution in [0.1, 0.15) is 78.1 Å². The third-order valence-electron chi connectivity index (χ3n) is 7.42. The number of carbonyl (C=O) groups is 4. The Morgan fingerprint density at radius 2 is 1.67 bits per heavy atom. The number of carbonyl (C=O) groups excluding carboxylic acids is 2. The Hall–Kier alpha value is -2.24.